The maximum Gasteiger partial charge on any atom is 0.0710 e. The van der Waals surface area contributed by atoms with Crippen molar-refractivity contribution in [1.29, 1.82) is 0 Å². The summed E-state index contributed by atoms with van der Waals surface area (Å²) < 4.78 is 6.46. The van der Waals surface area contributed by atoms with Crippen LogP contribution in [-0.4, -0.2) is 28.5 Å². The molecule has 104 valence electrons. The number of aliphatic hydroxyl groups excluding tert-OH is 1. The Bertz CT molecular complexity index is 347. The lowest BCUT2D eigenvalue weighted by Gasteiger charge is -2.67. The Morgan fingerprint density at radius 2 is 2.17 bits per heavy atom. The molecule has 0 aromatic rings. The van der Waals surface area contributed by atoms with Crippen molar-refractivity contribution >= 4 is 0 Å². The van der Waals surface area contributed by atoms with Crippen LogP contribution in [0.4, 0.5) is 0 Å². The molecule has 4 aliphatic rings. The Kier molecular flexibility index (Phi) is 2.82. The van der Waals surface area contributed by atoms with E-state index < -0.39 is 0 Å². The molecule has 3 heteroatoms. The molecule has 2 saturated carbocycles. The molecule has 0 unspecified atom stereocenters. The molecular formula is C15H27NO2. The Balaban J connectivity index is 1.94. The molecule has 5 atom stereocenters. The maximum atomic E-state index is 9.13. The summed E-state index contributed by atoms with van der Waals surface area (Å²) in [6.07, 6.45) is 7.68. The number of nitrogens with two attached hydrogens (primary N) is 1. The number of hydrogen-bond donors (Lipinski definition) is 2. The fourth-order valence-corrected chi connectivity index (χ4v) is 5.67. The summed E-state index contributed by atoms with van der Waals surface area (Å²) >= 11 is 0. The Labute approximate surface area is 110 Å². The van der Waals surface area contributed by atoms with Crippen LogP contribution in [0.5, 0.6) is 0 Å². The zero-order chi connectivity index (χ0) is 13.0. The van der Waals surface area contributed by atoms with Crippen LogP contribution in [0.25, 0.3) is 0 Å². The molecule has 4 bridgehead atoms. The van der Waals surface area contributed by atoms with Gasteiger partial charge in [0.05, 0.1) is 11.2 Å². The molecule has 4 fully saturated rings. The highest BCUT2D eigenvalue weighted by molar-refractivity contribution is 5.17. The molecule has 2 heterocycles. The first kappa shape index (κ1) is 12.9. The summed E-state index contributed by atoms with van der Waals surface area (Å²) in [5.74, 6) is 1.23. The normalized spacial score (nSPS) is 54.7. The van der Waals surface area contributed by atoms with E-state index in [-0.39, 0.29) is 23.3 Å². The molecule has 2 saturated heterocycles. The second kappa shape index (κ2) is 3.94. The van der Waals surface area contributed by atoms with Crippen LogP contribution in [0.2, 0.25) is 0 Å². The van der Waals surface area contributed by atoms with Crippen molar-refractivity contribution in [2.45, 2.75) is 75.5 Å². The van der Waals surface area contributed by atoms with E-state index >= 15 is 0 Å². The first-order valence-electron chi connectivity index (χ1n) is 7.51. The van der Waals surface area contributed by atoms with Gasteiger partial charge in [-0.25, -0.2) is 0 Å². The van der Waals surface area contributed by atoms with Crippen LogP contribution >= 0.6 is 0 Å². The molecular weight excluding hydrogens is 226 g/mol. The van der Waals surface area contributed by atoms with Crippen LogP contribution < -0.4 is 5.73 Å². The average Bonchev–Trinajstić information content (AvgIpc) is 2.22. The first-order valence-corrected chi connectivity index (χ1v) is 7.51. The molecule has 3 N–H and O–H groups in total. The third-order valence-corrected chi connectivity index (χ3v) is 5.67. The van der Waals surface area contributed by atoms with E-state index in [1.54, 1.807) is 0 Å². The minimum atomic E-state index is -0.117. The monoisotopic (exact) mass is 253 g/mol. The van der Waals surface area contributed by atoms with Gasteiger partial charge in [0.2, 0.25) is 0 Å². The van der Waals surface area contributed by atoms with Crippen LogP contribution in [0.1, 0.15) is 58.8 Å². The third kappa shape index (κ3) is 1.75. The largest absolute Gasteiger partial charge is 0.396 e. The number of fused-ring (bicyclic) bond motifs is 1. The van der Waals surface area contributed by atoms with Crippen LogP contribution in [0, 0.1) is 11.8 Å². The van der Waals surface area contributed by atoms with Crippen molar-refractivity contribution in [1.82, 2.24) is 0 Å². The number of hydrogen-bond acceptors (Lipinski definition) is 3. The van der Waals surface area contributed by atoms with Crippen LogP contribution in [0.3, 0.4) is 0 Å². The number of ether oxygens (including phenoxy) is 1. The quantitative estimate of drug-likeness (QED) is 0.811. The first-order chi connectivity index (χ1) is 8.41. The summed E-state index contributed by atoms with van der Waals surface area (Å²) in [5.41, 5.74) is 6.64. The molecule has 2 aliphatic heterocycles. The fraction of sp³-hybridized carbons (Fsp3) is 1.00. The average molecular weight is 253 g/mol. The predicted octanol–water partition coefficient (Wildman–Crippen LogP) is 2.21. The second-order valence-corrected chi connectivity index (χ2v) is 7.44. The molecule has 18 heavy (non-hydrogen) atoms. The van der Waals surface area contributed by atoms with E-state index in [2.05, 4.69) is 13.8 Å². The van der Waals surface area contributed by atoms with Gasteiger partial charge < -0.3 is 15.6 Å². The Morgan fingerprint density at radius 3 is 2.83 bits per heavy atom. The second-order valence-electron chi connectivity index (χ2n) is 7.44. The fourth-order valence-electron chi connectivity index (χ4n) is 5.67. The Morgan fingerprint density at radius 1 is 1.39 bits per heavy atom. The molecule has 0 aromatic heterocycles. The van der Waals surface area contributed by atoms with E-state index in [0.717, 1.165) is 31.6 Å². The highest BCUT2D eigenvalue weighted by Gasteiger charge is 2.64. The van der Waals surface area contributed by atoms with Crippen molar-refractivity contribution in [3.8, 4) is 0 Å². The van der Waals surface area contributed by atoms with Crippen LogP contribution in [0.15, 0.2) is 0 Å². The van der Waals surface area contributed by atoms with E-state index in [1.165, 1.54) is 19.3 Å². The van der Waals surface area contributed by atoms with E-state index in [1.807, 2.05) is 0 Å². The number of rotatable bonds is 3. The highest BCUT2D eigenvalue weighted by Crippen LogP contribution is 2.61. The molecule has 0 spiro atoms. The van der Waals surface area contributed by atoms with Gasteiger partial charge in [-0.15, -0.1) is 0 Å². The van der Waals surface area contributed by atoms with E-state index in [0.29, 0.717) is 5.92 Å². The maximum absolute atomic E-state index is 9.13. The minimum absolute atomic E-state index is 0.0155. The van der Waals surface area contributed by atoms with Crippen molar-refractivity contribution < 1.29 is 9.84 Å². The molecule has 0 amide bonds. The van der Waals surface area contributed by atoms with Crippen molar-refractivity contribution in [2.75, 3.05) is 6.61 Å². The van der Waals surface area contributed by atoms with Gasteiger partial charge in [-0.05, 0) is 58.3 Å². The van der Waals surface area contributed by atoms with Gasteiger partial charge in [-0.2, -0.15) is 0 Å². The van der Waals surface area contributed by atoms with Gasteiger partial charge in [0, 0.05) is 18.1 Å². The molecule has 0 radical (unpaired) electrons. The van der Waals surface area contributed by atoms with E-state index in [9.17, 15) is 0 Å². The van der Waals surface area contributed by atoms with Crippen molar-refractivity contribution in [3.63, 3.8) is 0 Å². The summed E-state index contributed by atoms with van der Waals surface area (Å²) in [5, 5.41) is 9.13. The van der Waals surface area contributed by atoms with Gasteiger partial charge in [-0.3, -0.25) is 0 Å². The van der Waals surface area contributed by atoms with Gasteiger partial charge in [0.15, 0.2) is 0 Å². The summed E-state index contributed by atoms with van der Waals surface area (Å²) in [6.45, 7) is 4.78. The third-order valence-electron chi connectivity index (χ3n) is 5.67. The molecule has 2 aliphatic carbocycles. The molecule has 3 nitrogen and oxygen atoms in total. The zero-order valence-corrected chi connectivity index (χ0v) is 11.7. The van der Waals surface area contributed by atoms with E-state index in [4.69, 9.17) is 15.6 Å². The van der Waals surface area contributed by atoms with Gasteiger partial charge in [-0.1, -0.05) is 6.42 Å². The highest BCUT2D eigenvalue weighted by atomic mass is 16.5. The summed E-state index contributed by atoms with van der Waals surface area (Å²) in [7, 11) is 0. The van der Waals surface area contributed by atoms with Gasteiger partial charge in [0.1, 0.15) is 0 Å². The van der Waals surface area contributed by atoms with Gasteiger partial charge >= 0.3 is 0 Å². The predicted molar refractivity (Wildman–Crippen MR) is 71.2 cm³/mol. The molecule has 4 rings (SSSR count). The summed E-state index contributed by atoms with van der Waals surface area (Å²) in [4.78, 5) is 0. The lowest BCUT2D eigenvalue weighted by atomic mass is 9.49. The zero-order valence-electron chi connectivity index (χ0n) is 11.7. The topological polar surface area (TPSA) is 55.5 Å². The smallest absolute Gasteiger partial charge is 0.0710 e. The summed E-state index contributed by atoms with van der Waals surface area (Å²) in [6, 6.07) is 0. The minimum Gasteiger partial charge on any atom is -0.396 e. The SMILES string of the molecule is C[C@@]12C[C@H]3CCC[C@@](C)(O1)[C@H]3[C@](N)(CCCO)C2. The standard InChI is InChI=1S/C15H27NO2/c1-13-9-11-5-3-6-14(2,18-13)12(11)15(16,10-13)7-4-8-17/h11-12,17H,3-10,16H2,1-2H3/t11-,12+,13+,14-,15+/m1/s1. The van der Waals surface area contributed by atoms with Gasteiger partial charge in [0.25, 0.3) is 0 Å². The lowest BCUT2D eigenvalue weighted by Crippen LogP contribution is -2.74. The number of aliphatic hydroxyl groups is 1. The lowest BCUT2D eigenvalue weighted by molar-refractivity contribution is -0.298. The molecule has 0 aromatic carbocycles. The van der Waals surface area contributed by atoms with Crippen molar-refractivity contribution in [3.05, 3.63) is 0 Å². The van der Waals surface area contributed by atoms with Crippen molar-refractivity contribution in [2.24, 2.45) is 17.6 Å². The van der Waals surface area contributed by atoms with Crippen LogP contribution in [-0.2, 0) is 4.74 Å². The Hall–Kier alpha value is -0.120.